The second-order valence-electron chi connectivity index (χ2n) is 6.10. The van der Waals surface area contributed by atoms with E-state index in [9.17, 15) is 13.8 Å². The number of hydrogen-bond donors (Lipinski definition) is 2. The molecule has 3 N–H and O–H groups in total. The summed E-state index contributed by atoms with van der Waals surface area (Å²) in [6.07, 6.45) is 0. The lowest BCUT2D eigenvalue weighted by Crippen LogP contribution is -2.13. The molecule has 0 aliphatic rings. The zero-order chi connectivity index (χ0) is 21.0. The van der Waals surface area contributed by atoms with Crippen molar-refractivity contribution in [3.63, 3.8) is 0 Å². The van der Waals surface area contributed by atoms with Crippen molar-refractivity contribution in [2.45, 2.75) is 5.91 Å². The maximum Gasteiger partial charge on any atom is 0.368 e. The molecule has 152 valence electrons. The monoisotopic (exact) mass is 434 g/mol. The number of nitrogen functional groups attached to an aromatic ring is 1. The molecule has 0 fully saturated rings. The Morgan fingerprint density at radius 3 is 2.41 bits per heavy atom. The number of rotatable bonds is 7. The average molecular weight is 434 g/mol. The molecule has 1 heterocycles. The lowest BCUT2D eigenvalue weighted by molar-refractivity contribution is 0.102. The highest BCUT2D eigenvalue weighted by atomic mass is 32.1. The number of hydrogen-bond acceptors (Lipinski definition) is 6. The number of benzene rings is 2. The van der Waals surface area contributed by atoms with E-state index >= 15 is 0 Å². The minimum absolute atomic E-state index is 0.0905. The number of carbonyl (C=O) groups excluding carboxylic acids is 1. The van der Waals surface area contributed by atoms with Gasteiger partial charge in [-0.15, -0.1) is 11.3 Å². The summed E-state index contributed by atoms with van der Waals surface area (Å²) >= 11 is 1.58. The number of anilines is 2. The van der Waals surface area contributed by atoms with Crippen LogP contribution in [0.25, 0.3) is 10.4 Å². The van der Waals surface area contributed by atoms with Gasteiger partial charge in [-0.1, -0.05) is 24.3 Å². The second kappa shape index (κ2) is 8.88. The Labute approximate surface area is 172 Å². The molecule has 0 saturated heterocycles. The SMILES string of the molecule is COP(=O)(OC)C(F)c1ccc(C(=O)Nc2cc(-c3cccs3)ccc2N)cc1. The average Bonchev–Trinajstić information content (AvgIpc) is 3.29. The molecule has 3 rings (SSSR count). The van der Waals surface area contributed by atoms with Gasteiger partial charge in [-0.2, -0.15) is 0 Å². The van der Waals surface area contributed by atoms with Crippen molar-refractivity contribution < 1.29 is 22.8 Å². The van der Waals surface area contributed by atoms with Gasteiger partial charge in [-0.25, -0.2) is 4.39 Å². The first kappa shape index (κ1) is 21.2. The van der Waals surface area contributed by atoms with Crippen molar-refractivity contribution in [2.24, 2.45) is 0 Å². The summed E-state index contributed by atoms with van der Waals surface area (Å²) in [5.41, 5.74) is 8.23. The fourth-order valence-corrected chi connectivity index (χ4v) is 4.47. The minimum atomic E-state index is -3.91. The van der Waals surface area contributed by atoms with Crippen molar-refractivity contribution >= 4 is 36.2 Å². The quantitative estimate of drug-likeness (QED) is 0.368. The smallest absolute Gasteiger partial charge is 0.368 e. The van der Waals surface area contributed by atoms with E-state index in [4.69, 9.17) is 5.73 Å². The number of amides is 1. The van der Waals surface area contributed by atoms with Crippen LogP contribution in [-0.2, 0) is 13.6 Å². The van der Waals surface area contributed by atoms with Gasteiger partial charge in [0.1, 0.15) is 0 Å². The van der Waals surface area contributed by atoms with Crippen molar-refractivity contribution in [3.8, 4) is 10.4 Å². The van der Waals surface area contributed by atoms with Crippen molar-refractivity contribution in [1.29, 1.82) is 0 Å². The van der Waals surface area contributed by atoms with Crippen LogP contribution in [0.1, 0.15) is 21.8 Å². The summed E-state index contributed by atoms with van der Waals surface area (Å²) in [7, 11) is -1.67. The van der Waals surface area contributed by atoms with Crippen LogP contribution in [0, 0.1) is 0 Å². The molecular weight excluding hydrogens is 414 g/mol. The summed E-state index contributed by atoms with van der Waals surface area (Å²) in [6, 6.07) is 15.0. The molecular formula is C20H20FN2O4PS. The third-order valence-corrected chi connectivity index (χ3v) is 7.13. The van der Waals surface area contributed by atoms with E-state index in [0.29, 0.717) is 16.9 Å². The summed E-state index contributed by atoms with van der Waals surface area (Å²) < 4.78 is 36.0. The summed E-state index contributed by atoms with van der Waals surface area (Å²) in [5, 5.41) is 4.74. The van der Waals surface area contributed by atoms with Gasteiger partial charge in [0.25, 0.3) is 5.91 Å². The number of thiophene rings is 1. The van der Waals surface area contributed by atoms with Gasteiger partial charge in [0.15, 0.2) is 0 Å². The van der Waals surface area contributed by atoms with Crippen LogP contribution >= 0.6 is 18.9 Å². The normalized spacial score (nSPS) is 12.5. The van der Waals surface area contributed by atoms with Crippen molar-refractivity contribution in [1.82, 2.24) is 0 Å². The minimum Gasteiger partial charge on any atom is -0.397 e. The number of halogens is 1. The van der Waals surface area contributed by atoms with E-state index < -0.39 is 19.4 Å². The lowest BCUT2D eigenvalue weighted by atomic mass is 10.1. The van der Waals surface area contributed by atoms with Gasteiger partial charge in [0, 0.05) is 24.7 Å². The van der Waals surface area contributed by atoms with E-state index in [1.165, 1.54) is 24.3 Å². The molecule has 1 atom stereocenters. The Balaban J connectivity index is 1.78. The highest BCUT2D eigenvalue weighted by molar-refractivity contribution is 7.54. The van der Waals surface area contributed by atoms with Gasteiger partial charge >= 0.3 is 7.60 Å². The molecule has 1 unspecified atom stereocenters. The van der Waals surface area contributed by atoms with Crippen LogP contribution < -0.4 is 11.1 Å². The van der Waals surface area contributed by atoms with Gasteiger partial charge in [-0.3, -0.25) is 9.36 Å². The van der Waals surface area contributed by atoms with E-state index in [2.05, 4.69) is 14.4 Å². The zero-order valence-electron chi connectivity index (χ0n) is 15.8. The van der Waals surface area contributed by atoms with Crippen LogP contribution in [0.3, 0.4) is 0 Å². The summed E-state index contributed by atoms with van der Waals surface area (Å²) in [5.74, 6) is -2.35. The Hall–Kier alpha value is -2.51. The van der Waals surface area contributed by atoms with Gasteiger partial charge in [0.2, 0.25) is 5.91 Å². The van der Waals surface area contributed by atoms with E-state index in [0.717, 1.165) is 24.7 Å². The zero-order valence-corrected chi connectivity index (χ0v) is 17.5. The van der Waals surface area contributed by atoms with Crippen molar-refractivity contribution in [2.75, 3.05) is 25.3 Å². The fraction of sp³-hybridized carbons (Fsp3) is 0.150. The molecule has 29 heavy (non-hydrogen) atoms. The first-order valence-corrected chi connectivity index (χ1v) is 11.1. The van der Waals surface area contributed by atoms with Crippen molar-refractivity contribution in [3.05, 3.63) is 71.1 Å². The summed E-state index contributed by atoms with van der Waals surface area (Å²) in [6.45, 7) is 0. The first-order valence-electron chi connectivity index (χ1n) is 8.58. The topological polar surface area (TPSA) is 90.6 Å². The highest BCUT2D eigenvalue weighted by Gasteiger charge is 2.35. The maximum atomic E-state index is 14.5. The molecule has 0 radical (unpaired) electrons. The fourth-order valence-electron chi connectivity index (χ4n) is 2.69. The Morgan fingerprint density at radius 1 is 1.14 bits per heavy atom. The summed E-state index contributed by atoms with van der Waals surface area (Å²) in [4.78, 5) is 13.6. The molecule has 0 aliphatic heterocycles. The van der Waals surface area contributed by atoms with Gasteiger partial charge in [-0.05, 0) is 46.8 Å². The standard InChI is InChI=1S/C20H20FN2O4PS/c1-26-28(25,27-2)19(21)13-5-7-14(8-6-13)20(24)23-17-12-15(9-10-16(17)22)18-4-3-11-29-18/h3-12,19H,22H2,1-2H3,(H,23,24). The third kappa shape index (κ3) is 4.57. The molecule has 0 bridgehead atoms. The van der Waals surface area contributed by atoms with E-state index in [1.807, 2.05) is 23.6 Å². The van der Waals surface area contributed by atoms with Gasteiger partial charge in [0.05, 0.1) is 11.4 Å². The largest absolute Gasteiger partial charge is 0.397 e. The van der Waals surface area contributed by atoms with E-state index in [-0.39, 0.29) is 5.56 Å². The molecule has 0 saturated carbocycles. The molecule has 2 aromatic carbocycles. The number of carbonyl (C=O) groups is 1. The van der Waals surface area contributed by atoms with Crippen LogP contribution in [0.15, 0.2) is 60.0 Å². The Morgan fingerprint density at radius 2 is 1.83 bits per heavy atom. The number of alkyl halides is 1. The van der Waals surface area contributed by atoms with Crippen LogP contribution in [-0.4, -0.2) is 20.1 Å². The molecule has 6 nitrogen and oxygen atoms in total. The van der Waals surface area contributed by atoms with E-state index in [1.54, 1.807) is 23.5 Å². The number of nitrogens with one attached hydrogen (secondary N) is 1. The highest BCUT2D eigenvalue weighted by Crippen LogP contribution is 2.60. The molecule has 3 aromatic rings. The predicted octanol–water partition coefficient (Wildman–Crippen LogP) is 5.70. The molecule has 0 spiro atoms. The maximum absolute atomic E-state index is 14.5. The van der Waals surface area contributed by atoms with Gasteiger partial charge < -0.3 is 20.1 Å². The Kier molecular flexibility index (Phi) is 6.49. The third-order valence-electron chi connectivity index (χ3n) is 4.34. The predicted molar refractivity (Wildman–Crippen MR) is 114 cm³/mol. The number of nitrogens with two attached hydrogens (primary N) is 1. The Bertz CT molecular complexity index is 1030. The first-order chi connectivity index (χ1) is 13.9. The molecule has 1 amide bonds. The van der Waals surface area contributed by atoms with Crippen LogP contribution in [0.4, 0.5) is 15.8 Å². The molecule has 9 heteroatoms. The lowest BCUT2D eigenvalue weighted by Gasteiger charge is -2.18. The second-order valence-corrected chi connectivity index (χ2v) is 9.31. The van der Waals surface area contributed by atoms with Crippen LogP contribution in [0.5, 0.6) is 0 Å². The molecule has 1 aromatic heterocycles. The van der Waals surface area contributed by atoms with Crippen LogP contribution in [0.2, 0.25) is 0 Å². The molecule has 0 aliphatic carbocycles.